The van der Waals surface area contributed by atoms with E-state index >= 15 is 0 Å². The summed E-state index contributed by atoms with van der Waals surface area (Å²) in [6.45, 7) is 3.92. The van der Waals surface area contributed by atoms with Crippen LogP contribution in [0.5, 0.6) is 0 Å². The number of rotatable bonds is 7. The number of nitrogens with one attached hydrogen (secondary N) is 2. The summed E-state index contributed by atoms with van der Waals surface area (Å²) in [5.41, 5.74) is 2.19. The second-order valence-electron chi connectivity index (χ2n) is 4.28. The van der Waals surface area contributed by atoms with Crippen molar-refractivity contribution in [1.29, 1.82) is 0 Å². The van der Waals surface area contributed by atoms with Gasteiger partial charge in [-0.3, -0.25) is 0 Å². The zero-order chi connectivity index (χ0) is 13.6. The van der Waals surface area contributed by atoms with Crippen molar-refractivity contribution < 1.29 is 8.42 Å². The van der Waals surface area contributed by atoms with Gasteiger partial charge >= 0.3 is 0 Å². The van der Waals surface area contributed by atoms with Crippen molar-refractivity contribution in [3.05, 3.63) is 34.3 Å². The Balaban J connectivity index is 2.20. The summed E-state index contributed by atoms with van der Waals surface area (Å²) in [7, 11) is -3.07. The molecule has 0 amide bonds. The Kier molecular flexibility index (Phi) is 6.08. The smallest absolute Gasteiger partial charge is 0.208 e. The topological polar surface area (TPSA) is 58.2 Å². The Labute approximate surface area is 114 Å². The normalized spacial score (nSPS) is 11.7. The van der Waals surface area contributed by atoms with E-state index in [9.17, 15) is 8.42 Å². The number of hydrogen-bond acceptors (Lipinski definition) is 3. The van der Waals surface area contributed by atoms with Crippen molar-refractivity contribution in [2.75, 3.05) is 19.3 Å². The fraction of sp³-hybridized carbons (Fsp3) is 0.500. The number of sulfonamides is 1. The summed E-state index contributed by atoms with van der Waals surface area (Å²) in [6, 6.07) is 5.96. The third kappa shape index (κ3) is 6.35. The maximum Gasteiger partial charge on any atom is 0.208 e. The highest BCUT2D eigenvalue weighted by Crippen LogP contribution is 2.16. The zero-order valence-corrected chi connectivity index (χ0v) is 12.2. The Hall–Kier alpha value is -0.620. The van der Waals surface area contributed by atoms with Gasteiger partial charge < -0.3 is 5.32 Å². The van der Waals surface area contributed by atoms with Gasteiger partial charge in [-0.2, -0.15) is 0 Å². The summed E-state index contributed by atoms with van der Waals surface area (Å²) in [4.78, 5) is 0. The van der Waals surface area contributed by atoms with Gasteiger partial charge in [-0.05, 0) is 37.1 Å². The molecule has 0 saturated carbocycles. The van der Waals surface area contributed by atoms with Gasteiger partial charge in [0.05, 0.1) is 6.26 Å². The SMILES string of the molecule is Cc1ccc(CNCCCNS(C)(=O)=O)cc1Cl. The lowest BCUT2D eigenvalue weighted by molar-refractivity contribution is 0.579. The molecule has 0 aromatic heterocycles. The van der Waals surface area contributed by atoms with Crippen molar-refractivity contribution in [2.24, 2.45) is 0 Å². The van der Waals surface area contributed by atoms with Crippen LogP contribution in [0.2, 0.25) is 5.02 Å². The molecule has 2 N–H and O–H groups in total. The van der Waals surface area contributed by atoms with Crippen LogP contribution < -0.4 is 10.0 Å². The molecule has 18 heavy (non-hydrogen) atoms. The van der Waals surface area contributed by atoms with Crippen LogP contribution in [0, 0.1) is 6.92 Å². The lowest BCUT2D eigenvalue weighted by atomic mass is 10.1. The van der Waals surface area contributed by atoms with E-state index in [4.69, 9.17) is 11.6 Å². The van der Waals surface area contributed by atoms with E-state index in [-0.39, 0.29) is 0 Å². The molecule has 1 rings (SSSR count). The predicted molar refractivity (Wildman–Crippen MR) is 75.4 cm³/mol. The summed E-state index contributed by atoms with van der Waals surface area (Å²) in [5, 5.41) is 4.01. The molecule has 0 heterocycles. The summed E-state index contributed by atoms with van der Waals surface area (Å²) in [5.74, 6) is 0. The van der Waals surface area contributed by atoms with Crippen LogP contribution in [-0.4, -0.2) is 27.8 Å². The average molecular weight is 291 g/mol. The Morgan fingerprint density at radius 2 is 2.00 bits per heavy atom. The maximum absolute atomic E-state index is 10.8. The zero-order valence-electron chi connectivity index (χ0n) is 10.7. The molecule has 0 unspecified atom stereocenters. The van der Waals surface area contributed by atoms with E-state index in [1.54, 1.807) is 0 Å². The van der Waals surface area contributed by atoms with Crippen LogP contribution in [0.1, 0.15) is 17.5 Å². The molecular weight excluding hydrogens is 272 g/mol. The molecule has 0 fully saturated rings. The molecule has 1 aromatic carbocycles. The molecule has 0 aliphatic heterocycles. The summed E-state index contributed by atoms with van der Waals surface area (Å²) in [6.07, 6.45) is 1.92. The third-order valence-electron chi connectivity index (χ3n) is 2.46. The maximum atomic E-state index is 10.8. The Bertz CT molecular complexity index is 489. The standard InChI is InChI=1S/C12H19ClN2O2S/c1-10-4-5-11(8-12(10)13)9-14-6-3-7-15-18(2,16)17/h4-5,8,14-15H,3,6-7,9H2,1-2H3. The second kappa shape index (κ2) is 7.09. The van der Waals surface area contributed by atoms with Crippen molar-refractivity contribution >= 4 is 21.6 Å². The van der Waals surface area contributed by atoms with Gasteiger partial charge in [0.1, 0.15) is 0 Å². The summed E-state index contributed by atoms with van der Waals surface area (Å²) < 4.78 is 24.1. The molecule has 0 spiro atoms. The molecule has 0 atom stereocenters. The van der Waals surface area contributed by atoms with Crippen molar-refractivity contribution in [2.45, 2.75) is 19.9 Å². The molecule has 1 aromatic rings. The molecular formula is C12H19ClN2O2S. The lowest BCUT2D eigenvalue weighted by Gasteiger charge is -2.07. The highest BCUT2D eigenvalue weighted by atomic mass is 35.5. The van der Waals surface area contributed by atoms with Crippen LogP contribution in [0.4, 0.5) is 0 Å². The minimum absolute atomic E-state index is 0.459. The van der Waals surface area contributed by atoms with Gasteiger partial charge in [0, 0.05) is 18.1 Å². The quantitative estimate of drug-likeness (QED) is 0.751. The van der Waals surface area contributed by atoms with E-state index < -0.39 is 10.0 Å². The van der Waals surface area contributed by atoms with E-state index in [0.717, 1.165) is 41.9 Å². The minimum atomic E-state index is -3.07. The van der Waals surface area contributed by atoms with Crippen molar-refractivity contribution in [3.63, 3.8) is 0 Å². The Morgan fingerprint density at radius 3 is 2.61 bits per heavy atom. The van der Waals surface area contributed by atoms with Gasteiger partial charge in [-0.15, -0.1) is 0 Å². The minimum Gasteiger partial charge on any atom is -0.313 e. The van der Waals surface area contributed by atoms with Crippen LogP contribution in [0.3, 0.4) is 0 Å². The van der Waals surface area contributed by atoms with Gasteiger partial charge in [-0.1, -0.05) is 23.7 Å². The van der Waals surface area contributed by atoms with E-state index in [1.807, 2.05) is 25.1 Å². The monoisotopic (exact) mass is 290 g/mol. The first-order valence-corrected chi connectivity index (χ1v) is 8.06. The molecule has 0 bridgehead atoms. The second-order valence-corrected chi connectivity index (χ2v) is 6.52. The molecule has 6 heteroatoms. The van der Waals surface area contributed by atoms with Gasteiger partial charge in [0.15, 0.2) is 0 Å². The average Bonchev–Trinajstić information content (AvgIpc) is 2.26. The number of benzene rings is 1. The molecule has 4 nitrogen and oxygen atoms in total. The largest absolute Gasteiger partial charge is 0.313 e. The van der Waals surface area contributed by atoms with Crippen LogP contribution in [-0.2, 0) is 16.6 Å². The van der Waals surface area contributed by atoms with E-state index in [0.29, 0.717) is 6.54 Å². The number of aryl methyl sites for hydroxylation is 1. The molecule has 0 aliphatic carbocycles. The van der Waals surface area contributed by atoms with Gasteiger partial charge in [0.25, 0.3) is 0 Å². The van der Waals surface area contributed by atoms with Crippen molar-refractivity contribution in [3.8, 4) is 0 Å². The van der Waals surface area contributed by atoms with E-state index in [2.05, 4.69) is 10.0 Å². The van der Waals surface area contributed by atoms with Crippen molar-refractivity contribution in [1.82, 2.24) is 10.0 Å². The Morgan fingerprint density at radius 1 is 1.28 bits per heavy atom. The van der Waals surface area contributed by atoms with E-state index in [1.165, 1.54) is 0 Å². The van der Waals surface area contributed by atoms with Crippen LogP contribution >= 0.6 is 11.6 Å². The fourth-order valence-corrected chi connectivity index (χ4v) is 2.17. The number of halogens is 1. The first-order chi connectivity index (χ1) is 8.38. The predicted octanol–water partition coefficient (Wildman–Crippen LogP) is 1.68. The van der Waals surface area contributed by atoms with Crippen LogP contribution in [0.25, 0.3) is 0 Å². The fourth-order valence-electron chi connectivity index (χ4n) is 1.45. The molecule has 0 saturated heterocycles. The van der Waals surface area contributed by atoms with Crippen LogP contribution in [0.15, 0.2) is 18.2 Å². The highest BCUT2D eigenvalue weighted by molar-refractivity contribution is 7.88. The molecule has 0 aliphatic rings. The first-order valence-electron chi connectivity index (χ1n) is 5.79. The molecule has 0 radical (unpaired) electrons. The lowest BCUT2D eigenvalue weighted by Crippen LogP contribution is -2.26. The highest BCUT2D eigenvalue weighted by Gasteiger charge is 1.99. The summed E-state index contributed by atoms with van der Waals surface area (Å²) >= 11 is 6.02. The first kappa shape index (κ1) is 15.4. The van der Waals surface area contributed by atoms with Gasteiger partial charge in [0.2, 0.25) is 10.0 Å². The van der Waals surface area contributed by atoms with Gasteiger partial charge in [-0.25, -0.2) is 13.1 Å². The third-order valence-corrected chi connectivity index (χ3v) is 3.60. The molecule has 102 valence electrons. The number of hydrogen-bond donors (Lipinski definition) is 2.